The van der Waals surface area contributed by atoms with Crippen LogP contribution in [0.15, 0.2) is 34.2 Å². The summed E-state index contributed by atoms with van der Waals surface area (Å²) in [5, 5.41) is 8.76. The molecule has 1 saturated heterocycles. The van der Waals surface area contributed by atoms with E-state index in [0.717, 1.165) is 41.6 Å². The number of carbonyl (C=O) groups is 2. The number of H-pyrrole nitrogens is 1. The number of anilines is 1. The largest absolute Gasteiger partial charge is 0.418 e. The van der Waals surface area contributed by atoms with Gasteiger partial charge in [-0.05, 0) is 25.0 Å². The Labute approximate surface area is 185 Å². The van der Waals surface area contributed by atoms with E-state index in [1.54, 1.807) is 0 Å². The molecule has 2 aromatic rings. The molecule has 1 fully saturated rings. The maximum atomic E-state index is 13.1. The Bertz CT molecular complexity index is 1020. The van der Waals surface area contributed by atoms with Gasteiger partial charge in [0.1, 0.15) is 0 Å². The van der Waals surface area contributed by atoms with Gasteiger partial charge in [0.25, 0.3) is 0 Å². The van der Waals surface area contributed by atoms with Crippen molar-refractivity contribution in [3.8, 4) is 0 Å². The number of hydrogen-bond acceptors (Lipinski definition) is 6. The molecule has 1 aliphatic heterocycles. The number of para-hydroxylation sites is 1. The van der Waals surface area contributed by atoms with Crippen molar-refractivity contribution in [3.63, 3.8) is 0 Å². The molecule has 2 amide bonds. The second-order valence-corrected chi connectivity index (χ2v) is 8.13. The normalized spacial score (nSPS) is 16.2. The number of thioether (sulfide) groups is 1. The summed E-state index contributed by atoms with van der Waals surface area (Å²) in [4.78, 5) is 37.6. The zero-order valence-electron chi connectivity index (χ0n) is 17.1. The van der Waals surface area contributed by atoms with E-state index in [2.05, 4.69) is 15.5 Å². The third-order valence-electron chi connectivity index (χ3n) is 4.77. The van der Waals surface area contributed by atoms with Crippen LogP contribution >= 0.6 is 11.8 Å². The quantitative estimate of drug-likeness (QED) is 0.568. The molecule has 1 aromatic carbocycles. The molecule has 1 atom stereocenters. The molecule has 2 N–H and O–H groups in total. The number of aromatic amines is 1. The average Bonchev–Trinajstić information content (AvgIpc) is 3.36. The number of nitrogens with one attached hydrogen (secondary N) is 2. The first-order valence-corrected chi connectivity index (χ1v) is 10.7. The fourth-order valence-corrected chi connectivity index (χ4v) is 4.03. The fraction of sp³-hybridized carbons (Fsp3) is 0.474. The van der Waals surface area contributed by atoms with Crippen molar-refractivity contribution in [2.45, 2.75) is 36.8 Å². The van der Waals surface area contributed by atoms with Crippen LogP contribution in [0.4, 0.5) is 18.9 Å². The minimum absolute atomic E-state index is 0.0914. The number of benzene rings is 1. The summed E-state index contributed by atoms with van der Waals surface area (Å²) < 4.78 is 46.1. The van der Waals surface area contributed by atoms with Crippen LogP contribution in [0.25, 0.3) is 0 Å². The maximum Gasteiger partial charge on any atom is 0.418 e. The molecule has 32 heavy (non-hydrogen) atoms. The van der Waals surface area contributed by atoms with Crippen LogP contribution < -0.4 is 11.0 Å². The molecule has 174 valence electrons. The highest BCUT2D eigenvalue weighted by Crippen LogP contribution is 2.34. The summed E-state index contributed by atoms with van der Waals surface area (Å²) in [7, 11) is 1.36. The molecule has 0 spiro atoms. The molecule has 1 aliphatic rings. The monoisotopic (exact) mass is 473 g/mol. The van der Waals surface area contributed by atoms with Gasteiger partial charge in [-0.25, -0.2) is 9.89 Å². The summed E-state index contributed by atoms with van der Waals surface area (Å²) in [6.45, 7) is 0.524. The first-order chi connectivity index (χ1) is 15.1. The summed E-state index contributed by atoms with van der Waals surface area (Å²) in [5.41, 5.74) is -1.76. The van der Waals surface area contributed by atoms with Gasteiger partial charge >= 0.3 is 11.9 Å². The van der Waals surface area contributed by atoms with Gasteiger partial charge in [-0.1, -0.05) is 23.9 Å². The standard InChI is InChI=1S/C19H22F3N5O4S/c1-26(10-15(28)23-14-7-3-2-6-13(14)19(20,21)22)16(29)11-32-18-25-24-17(30)27(18)9-12-5-4-8-31-12/h2-3,6-7,12H,4-5,8-11H2,1H3,(H,23,28)(H,24,30). The van der Waals surface area contributed by atoms with Crippen LogP contribution in [0.3, 0.4) is 0 Å². The van der Waals surface area contributed by atoms with Crippen molar-refractivity contribution in [1.29, 1.82) is 0 Å². The van der Waals surface area contributed by atoms with Gasteiger partial charge in [-0.15, -0.1) is 5.10 Å². The topological polar surface area (TPSA) is 109 Å². The third kappa shape index (κ3) is 6.13. The molecule has 2 heterocycles. The van der Waals surface area contributed by atoms with E-state index in [9.17, 15) is 27.6 Å². The molecule has 0 bridgehead atoms. The highest BCUT2D eigenvalue weighted by Gasteiger charge is 2.33. The van der Waals surface area contributed by atoms with Crippen molar-refractivity contribution in [3.05, 3.63) is 40.3 Å². The Morgan fingerprint density at radius 1 is 1.38 bits per heavy atom. The van der Waals surface area contributed by atoms with Gasteiger partial charge in [0, 0.05) is 13.7 Å². The lowest BCUT2D eigenvalue weighted by atomic mass is 10.1. The molecule has 0 aliphatic carbocycles. The zero-order valence-corrected chi connectivity index (χ0v) is 18.0. The Balaban J connectivity index is 1.54. The lowest BCUT2D eigenvalue weighted by molar-refractivity contribution is -0.137. The number of carbonyl (C=O) groups excluding carboxylic acids is 2. The van der Waals surface area contributed by atoms with E-state index >= 15 is 0 Å². The zero-order chi connectivity index (χ0) is 23.3. The van der Waals surface area contributed by atoms with E-state index in [1.165, 1.54) is 23.7 Å². The number of hydrogen-bond donors (Lipinski definition) is 2. The number of likely N-dealkylation sites (N-methyl/N-ethyl adjacent to an activating group) is 1. The van der Waals surface area contributed by atoms with E-state index < -0.39 is 35.8 Å². The molecular formula is C19H22F3N5O4S. The number of rotatable bonds is 8. The Kier molecular flexibility index (Phi) is 7.61. The summed E-state index contributed by atoms with van der Waals surface area (Å²) in [6.07, 6.45) is -2.97. The minimum atomic E-state index is -4.62. The number of amides is 2. The van der Waals surface area contributed by atoms with Crippen LogP contribution in [-0.4, -0.2) is 63.5 Å². The molecule has 9 nitrogen and oxygen atoms in total. The Morgan fingerprint density at radius 2 is 2.12 bits per heavy atom. The van der Waals surface area contributed by atoms with Gasteiger partial charge in [0.2, 0.25) is 11.8 Å². The van der Waals surface area contributed by atoms with Crippen molar-refractivity contribution in [2.24, 2.45) is 0 Å². The van der Waals surface area contributed by atoms with Crippen LogP contribution in [0.5, 0.6) is 0 Å². The van der Waals surface area contributed by atoms with Gasteiger partial charge in [-0.3, -0.25) is 14.2 Å². The molecule has 1 unspecified atom stereocenters. The van der Waals surface area contributed by atoms with E-state index in [1.807, 2.05) is 0 Å². The van der Waals surface area contributed by atoms with Crippen LogP contribution in [-0.2, 0) is 27.0 Å². The third-order valence-corrected chi connectivity index (χ3v) is 5.73. The predicted octanol–water partition coefficient (Wildman–Crippen LogP) is 1.96. The SMILES string of the molecule is CN(CC(=O)Nc1ccccc1C(F)(F)F)C(=O)CSc1n[nH]c(=O)n1CC1CCCO1. The predicted molar refractivity (Wildman–Crippen MR) is 110 cm³/mol. The van der Waals surface area contributed by atoms with E-state index in [0.29, 0.717) is 18.3 Å². The molecule has 0 radical (unpaired) electrons. The number of nitrogens with zero attached hydrogens (tertiary/aromatic N) is 3. The molecule has 0 saturated carbocycles. The van der Waals surface area contributed by atoms with E-state index in [-0.39, 0.29) is 17.5 Å². The van der Waals surface area contributed by atoms with Gasteiger partial charge in [0.05, 0.1) is 36.2 Å². The van der Waals surface area contributed by atoms with Crippen molar-refractivity contribution in [2.75, 3.05) is 31.3 Å². The van der Waals surface area contributed by atoms with Gasteiger partial charge < -0.3 is 15.0 Å². The molecule has 3 rings (SSSR count). The lowest BCUT2D eigenvalue weighted by Crippen LogP contribution is -2.36. The highest BCUT2D eigenvalue weighted by atomic mass is 32.2. The second kappa shape index (κ2) is 10.2. The fourth-order valence-electron chi connectivity index (χ4n) is 3.14. The molecule has 13 heteroatoms. The number of ether oxygens (including phenoxy) is 1. The van der Waals surface area contributed by atoms with Crippen LogP contribution in [0.1, 0.15) is 18.4 Å². The first-order valence-electron chi connectivity index (χ1n) is 9.75. The van der Waals surface area contributed by atoms with Crippen LogP contribution in [0.2, 0.25) is 0 Å². The summed E-state index contributed by atoms with van der Waals surface area (Å²) in [5.74, 6) is -1.33. The van der Waals surface area contributed by atoms with Crippen molar-refractivity contribution < 1.29 is 27.5 Å². The van der Waals surface area contributed by atoms with Crippen LogP contribution in [0, 0.1) is 0 Å². The summed E-state index contributed by atoms with van der Waals surface area (Å²) in [6, 6.07) is 4.60. The molecular weight excluding hydrogens is 451 g/mol. The Hall–Kier alpha value is -2.80. The smallest absolute Gasteiger partial charge is 0.376 e. The second-order valence-electron chi connectivity index (χ2n) is 7.19. The first kappa shape index (κ1) is 23.9. The van der Waals surface area contributed by atoms with Gasteiger partial charge in [0.15, 0.2) is 5.16 Å². The minimum Gasteiger partial charge on any atom is -0.376 e. The maximum absolute atomic E-state index is 13.1. The number of aromatic nitrogens is 3. The number of halogens is 3. The van der Waals surface area contributed by atoms with Gasteiger partial charge in [-0.2, -0.15) is 13.2 Å². The van der Waals surface area contributed by atoms with Crippen molar-refractivity contribution >= 4 is 29.3 Å². The number of alkyl halides is 3. The highest BCUT2D eigenvalue weighted by molar-refractivity contribution is 7.99. The van der Waals surface area contributed by atoms with Crippen molar-refractivity contribution in [1.82, 2.24) is 19.7 Å². The molecule has 1 aromatic heterocycles. The summed E-state index contributed by atoms with van der Waals surface area (Å²) >= 11 is 1.02. The Morgan fingerprint density at radius 3 is 2.81 bits per heavy atom. The van der Waals surface area contributed by atoms with E-state index in [4.69, 9.17) is 4.74 Å². The lowest BCUT2D eigenvalue weighted by Gasteiger charge is -2.18. The average molecular weight is 473 g/mol.